The SMILES string of the molecule is CCC(C)(C)OCc1cccc(NN)n1. The molecule has 0 aliphatic carbocycles. The molecule has 0 atom stereocenters. The molecular formula is C11H19N3O. The zero-order valence-corrected chi connectivity index (χ0v) is 9.58. The zero-order chi connectivity index (χ0) is 11.3. The second-order valence-corrected chi connectivity index (χ2v) is 4.06. The van der Waals surface area contributed by atoms with Crippen LogP contribution in [0.5, 0.6) is 0 Å². The molecule has 0 bridgehead atoms. The summed E-state index contributed by atoms with van der Waals surface area (Å²) < 4.78 is 5.73. The van der Waals surface area contributed by atoms with Crippen LogP contribution in [0.3, 0.4) is 0 Å². The predicted molar refractivity (Wildman–Crippen MR) is 61.2 cm³/mol. The molecule has 0 radical (unpaired) electrons. The summed E-state index contributed by atoms with van der Waals surface area (Å²) in [4.78, 5) is 4.27. The molecular weight excluding hydrogens is 190 g/mol. The van der Waals surface area contributed by atoms with Gasteiger partial charge in [0.25, 0.3) is 0 Å². The molecule has 4 nitrogen and oxygen atoms in total. The average molecular weight is 209 g/mol. The Kier molecular flexibility index (Phi) is 4.05. The lowest BCUT2D eigenvalue weighted by Crippen LogP contribution is -2.23. The lowest BCUT2D eigenvalue weighted by Gasteiger charge is -2.23. The van der Waals surface area contributed by atoms with Gasteiger partial charge in [-0.05, 0) is 32.4 Å². The van der Waals surface area contributed by atoms with Gasteiger partial charge in [-0.3, -0.25) is 0 Å². The first-order chi connectivity index (χ1) is 7.07. The predicted octanol–water partition coefficient (Wildman–Crippen LogP) is 2.07. The van der Waals surface area contributed by atoms with E-state index in [1.807, 2.05) is 18.2 Å². The second-order valence-electron chi connectivity index (χ2n) is 4.06. The lowest BCUT2D eigenvalue weighted by atomic mass is 10.1. The van der Waals surface area contributed by atoms with Gasteiger partial charge in [-0.15, -0.1) is 0 Å². The van der Waals surface area contributed by atoms with Crippen molar-refractivity contribution in [2.45, 2.75) is 39.4 Å². The van der Waals surface area contributed by atoms with Gasteiger partial charge in [0.1, 0.15) is 5.82 Å². The number of nitrogen functional groups attached to an aromatic ring is 1. The number of ether oxygens (including phenoxy) is 1. The molecule has 1 aromatic rings. The number of nitrogens with one attached hydrogen (secondary N) is 1. The van der Waals surface area contributed by atoms with Gasteiger partial charge in [0.15, 0.2) is 0 Å². The number of rotatable bonds is 5. The number of hydrogen-bond donors (Lipinski definition) is 2. The third kappa shape index (κ3) is 3.85. The van der Waals surface area contributed by atoms with Crippen molar-refractivity contribution in [2.75, 3.05) is 5.43 Å². The minimum Gasteiger partial charge on any atom is -0.369 e. The number of hydrogen-bond acceptors (Lipinski definition) is 4. The summed E-state index contributed by atoms with van der Waals surface area (Å²) in [6.45, 7) is 6.75. The number of anilines is 1. The van der Waals surface area contributed by atoms with Crippen LogP contribution in [0.4, 0.5) is 5.82 Å². The number of pyridine rings is 1. The fourth-order valence-electron chi connectivity index (χ4n) is 1.01. The van der Waals surface area contributed by atoms with E-state index in [9.17, 15) is 0 Å². The standard InChI is InChI=1S/C11H19N3O/c1-4-11(2,3)15-8-9-6-5-7-10(13-9)14-12/h5-7H,4,8,12H2,1-3H3,(H,13,14). The van der Waals surface area contributed by atoms with E-state index in [2.05, 4.69) is 31.2 Å². The zero-order valence-electron chi connectivity index (χ0n) is 9.58. The van der Waals surface area contributed by atoms with Gasteiger partial charge in [-0.2, -0.15) is 0 Å². The van der Waals surface area contributed by atoms with E-state index >= 15 is 0 Å². The molecule has 0 amide bonds. The molecule has 0 spiro atoms. The monoisotopic (exact) mass is 209 g/mol. The highest BCUT2D eigenvalue weighted by atomic mass is 16.5. The first kappa shape index (κ1) is 11.9. The molecule has 1 heterocycles. The Labute approximate surface area is 90.8 Å². The van der Waals surface area contributed by atoms with Crippen LogP contribution in [-0.4, -0.2) is 10.6 Å². The number of aromatic nitrogens is 1. The Morgan fingerprint density at radius 2 is 2.20 bits per heavy atom. The highest BCUT2D eigenvalue weighted by Crippen LogP contribution is 2.16. The molecule has 1 aromatic heterocycles. The largest absolute Gasteiger partial charge is 0.369 e. The Bertz CT molecular complexity index is 312. The fraction of sp³-hybridized carbons (Fsp3) is 0.545. The van der Waals surface area contributed by atoms with Gasteiger partial charge in [0.2, 0.25) is 0 Å². The van der Waals surface area contributed by atoms with Crippen LogP contribution in [0, 0.1) is 0 Å². The summed E-state index contributed by atoms with van der Waals surface area (Å²) in [6, 6.07) is 5.64. The van der Waals surface area contributed by atoms with Gasteiger partial charge in [0, 0.05) is 0 Å². The minimum atomic E-state index is -0.103. The second kappa shape index (κ2) is 5.09. The molecule has 0 aliphatic heterocycles. The molecule has 0 aromatic carbocycles. The number of nitrogens with zero attached hydrogens (tertiary/aromatic N) is 1. The van der Waals surface area contributed by atoms with Crippen molar-refractivity contribution in [2.24, 2.45) is 5.84 Å². The molecule has 3 N–H and O–H groups in total. The third-order valence-corrected chi connectivity index (χ3v) is 2.42. The maximum absolute atomic E-state index is 5.73. The van der Waals surface area contributed by atoms with Gasteiger partial charge < -0.3 is 10.2 Å². The average Bonchev–Trinajstić information content (AvgIpc) is 2.27. The lowest BCUT2D eigenvalue weighted by molar-refractivity contribution is -0.0329. The van der Waals surface area contributed by atoms with Crippen LogP contribution >= 0.6 is 0 Å². The van der Waals surface area contributed by atoms with E-state index in [4.69, 9.17) is 10.6 Å². The summed E-state index contributed by atoms with van der Waals surface area (Å²) >= 11 is 0. The summed E-state index contributed by atoms with van der Waals surface area (Å²) in [5.41, 5.74) is 3.29. The van der Waals surface area contributed by atoms with E-state index < -0.39 is 0 Å². The molecule has 0 saturated heterocycles. The molecule has 15 heavy (non-hydrogen) atoms. The van der Waals surface area contributed by atoms with Crippen LogP contribution in [0.1, 0.15) is 32.9 Å². The maximum atomic E-state index is 5.73. The van der Waals surface area contributed by atoms with Gasteiger partial charge in [-0.1, -0.05) is 13.0 Å². The van der Waals surface area contributed by atoms with E-state index in [-0.39, 0.29) is 5.60 Å². The van der Waals surface area contributed by atoms with E-state index in [1.54, 1.807) is 0 Å². The Morgan fingerprint density at radius 1 is 1.47 bits per heavy atom. The van der Waals surface area contributed by atoms with Crippen molar-refractivity contribution in [3.05, 3.63) is 23.9 Å². The maximum Gasteiger partial charge on any atom is 0.140 e. The van der Waals surface area contributed by atoms with Crippen molar-refractivity contribution in [1.29, 1.82) is 0 Å². The Morgan fingerprint density at radius 3 is 2.80 bits per heavy atom. The molecule has 4 heteroatoms. The smallest absolute Gasteiger partial charge is 0.140 e. The topological polar surface area (TPSA) is 60.2 Å². The first-order valence-electron chi connectivity index (χ1n) is 5.14. The van der Waals surface area contributed by atoms with E-state index in [0.717, 1.165) is 12.1 Å². The van der Waals surface area contributed by atoms with E-state index in [0.29, 0.717) is 12.4 Å². The quantitative estimate of drug-likeness (QED) is 0.575. The van der Waals surface area contributed by atoms with Gasteiger partial charge >= 0.3 is 0 Å². The number of nitrogens with two attached hydrogens (primary N) is 1. The third-order valence-electron chi connectivity index (χ3n) is 2.42. The normalized spacial score (nSPS) is 11.5. The summed E-state index contributed by atoms with van der Waals surface area (Å²) in [5, 5.41) is 0. The minimum absolute atomic E-state index is 0.103. The Balaban J connectivity index is 2.57. The van der Waals surface area contributed by atoms with Crippen LogP contribution in [0.25, 0.3) is 0 Å². The molecule has 1 rings (SSSR count). The van der Waals surface area contributed by atoms with Crippen LogP contribution in [0.15, 0.2) is 18.2 Å². The van der Waals surface area contributed by atoms with Crippen molar-refractivity contribution >= 4 is 5.82 Å². The van der Waals surface area contributed by atoms with E-state index in [1.165, 1.54) is 0 Å². The molecule has 0 saturated carbocycles. The van der Waals surface area contributed by atoms with Crippen molar-refractivity contribution < 1.29 is 4.74 Å². The van der Waals surface area contributed by atoms with Gasteiger partial charge in [0.05, 0.1) is 17.9 Å². The molecule has 84 valence electrons. The summed E-state index contributed by atoms with van der Waals surface area (Å²) in [7, 11) is 0. The summed E-state index contributed by atoms with van der Waals surface area (Å²) in [5.74, 6) is 5.93. The Hall–Kier alpha value is -1.13. The number of hydrazine groups is 1. The van der Waals surface area contributed by atoms with Crippen LogP contribution in [0.2, 0.25) is 0 Å². The van der Waals surface area contributed by atoms with Crippen molar-refractivity contribution in [3.8, 4) is 0 Å². The van der Waals surface area contributed by atoms with Crippen molar-refractivity contribution in [1.82, 2.24) is 4.98 Å². The molecule has 0 fully saturated rings. The summed E-state index contributed by atoms with van der Waals surface area (Å²) in [6.07, 6.45) is 0.974. The van der Waals surface area contributed by atoms with Crippen molar-refractivity contribution in [3.63, 3.8) is 0 Å². The van der Waals surface area contributed by atoms with Gasteiger partial charge in [-0.25, -0.2) is 10.8 Å². The highest BCUT2D eigenvalue weighted by molar-refractivity contribution is 5.33. The molecule has 0 aliphatic rings. The fourth-order valence-corrected chi connectivity index (χ4v) is 1.01. The molecule has 0 unspecified atom stereocenters. The highest BCUT2D eigenvalue weighted by Gasteiger charge is 2.15. The van der Waals surface area contributed by atoms with Crippen LogP contribution in [-0.2, 0) is 11.3 Å². The van der Waals surface area contributed by atoms with Crippen LogP contribution < -0.4 is 11.3 Å². The first-order valence-corrected chi connectivity index (χ1v) is 5.14.